The fourth-order valence-corrected chi connectivity index (χ4v) is 3.91. The summed E-state index contributed by atoms with van der Waals surface area (Å²) in [6.45, 7) is 5.03. The number of unbranched alkanes of at least 4 members (excludes halogenated alkanes) is 1. The number of nitriles is 1. The van der Waals surface area contributed by atoms with Crippen LogP contribution in [0.1, 0.15) is 65.7 Å². The number of nitrogens with zero attached hydrogens (tertiary/aromatic N) is 1. The standard InChI is InChI=1S/C16H23F2NO/c1-13(2,6-4-5-7-19)8-12(20)15-9-16(10-15,11-15)14(3,17)18/h4-6,8-11H2,1-3H3. The summed E-state index contributed by atoms with van der Waals surface area (Å²) in [7, 11) is 0. The molecule has 3 aliphatic rings. The van der Waals surface area contributed by atoms with Crippen molar-refractivity contribution in [3.63, 3.8) is 0 Å². The molecule has 0 saturated heterocycles. The van der Waals surface area contributed by atoms with E-state index in [0.29, 0.717) is 32.1 Å². The molecule has 0 unspecified atom stereocenters. The van der Waals surface area contributed by atoms with Gasteiger partial charge in [-0.05, 0) is 44.4 Å². The first-order chi connectivity index (χ1) is 9.06. The van der Waals surface area contributed by atoms with E-state index < -0.39 is 16.8 Å². The Morgan fingerprint density at radius 1 is 1.25 bits per heavy atom. The van der Waals surface area contributed by atoms with Crippen LogP contribution in [0.4, 0.5) is 8.78 Å². The topological polar surface area (TPSA) is 40.9 Å². The molecule has 0 heterocycles. The number of alkyl halides is 2. The molecule has 2 bridgehead atoms. The Hall–Kier alpha value is -0.980. The van der Waals surface area contributed by atoms with Gasteiger partial charge in [-0.2, -0.15) is 5.26 Å². The van der Waals surface area contributed by atoms with Crippen LogP contribution in [0, 0.1) is 27.6 Å². The summed E-state index contributed by atoms with van der Waals surface area (Å²) in [4.78, 5) is 12.4. The number of hydrogen-bond donors (Lipinski definition) is 0. The lowest BCUT2D eigenvalue weighted by atomic mass is 9.32. The van der Waals surface area contributed by atoms with Crippen molar-refractivity contribution in [1.82, 2.24) is 0 Å². The van der Waals surface area contributed by atoms with Crippen molar-refractivity contribution in [2.24, 2.45) is 16.2 Å². The minimum absolute atomic E-state index is 0.134. The number of halogens is 2. The normalized spacial score (nSPS) is 32.0. The molecule has 0 spiro atoms. The molecule has 112 valence electrons. The third-order valence-electron chi connectivity index (χ3n) is 5.33. The highest BCUT2D eigenvalue weighted by atomic mass is 19.3. The Kier molecular flexibility index (Phi) is 3.48. The molecule has 0 radical (unpaired) electrons. The van der Waals surface area contributed by atoms with Crippen LogP contribution in [0.25, 0.3) is 0 Å². The highest BCUT2D eigenvalue weighted by Gasteiger charge is 2.77. The number of carbonyl (C=O) groups excluding carboxylic acids is 1. The largest absolute Gasteiger partial charge is 0.299 e. The predicted molar refractivity (Wildman–Crippen MR) is 72.2 cm³/mol. The Morgan fingerprint density at radius 3 is 2.25 bits per heavy atom. The minimum atomic E-state index is -2.66. The SMILES string of the molecule is CC(C)(CCCC#N)CC(=O)C12CC(C(C)(F)F)(C1)C2. The monoisotopic (exact) mass is 283 g/mol. The lowest BCUT2D eigenvalue weighted by molar-refractivity contribution is -0.295. The van der Waals surface area contributed by atoms with Crippen LogP contribution in [0.5, 0.6) is 0 Å². The highest BCUT2D eigenvalue weighted by Crippen LogP contribution is 2.78. The zero-order valence-electron chi connectivity index (χ0n) is 12.6. The molecule has 20 heavy (non-hydrogen) atoms. The smallest absolute Gasteiger partial charge is 0.251 e. The predicted octanol–water partition coefficient (Wildman–Crippen LogP) is 4.49. The molecule has 4 heteroatoms. The number of Topliss-reactive ketones (excluding diaryl/α,β-unsaturated/α-hetero) is 1. The van der Waals surface area contributed by atoms with Crippen molar-refractivity contribution >= 4 is 5.78 Å². The van der Waals surface area contributed by atoms with Crippen LogP contribution in [-0.4, -0.2) is 11.7 Å². The summed E-state index contributed by atoms with van der Waals surface area (Å²) >= 11 is 0. The number of ketones is 1. The maximum atomic E-state index is 13.4. The van der Waals surface area contributed by atoms with Crippen LogP contribution >= 0.6 is 0 Å². The molecule has 3 fully saturated rings. The van der Waals surface area contributed by atoms with Crippen LogP contribution in [-0.2, 0) is 4.79 Å². The molecule has 2 nitrogen and oxygen atoms in total. The fraction of sp³-hybridized carbons (Fsp3) is 0.875. The van der Waals surface area contributed by atoms with Gasteiger partial charge in [-0.25, -0.2) is 8.78 Å². The Morgan fingerprint density at radius 2 is 1.80 bits per heavy atom. The van der Waals surface area contributed by atoms with Gasteiger partial charge in [-0.1, -0.05) is 13.8 Å². The first-order valence-corrected chi connectivity index (χ1v) is 7.34. The van der Waals surface area contributed by atoms with Gasteiger partial charge < -0.3 is 0 Å². The van der Waals surface area contributed by atoms with Gasteiger partial charge in [0.15, 0.2) is 0 Å². The summed E-state index contributed by atoms with van der Waals surface area (Å²) in [6.07, 6.45) is 3.69. The zero-order chi connectivity index (χ0) is 15.2. The third kappa shape index (κ3) is 2.36. The van der Waals surface area contributed by atoms with Gasteiger partial charge in [0.1, 0.15) is 5.78 Å². The van der Waals surface area contributed by atoms with Crippen molar-refractivity contribution < 1.29 is 13.6 Å². The van der Waals surface area contributed by atoms with Gasteiger partial charge in [0.05, 0.1) is 6.07 Å². The molecule has 3 rings (SSSR count). The van der Waals surface area contributed by atoms with Crippen molar-refractivity contribution in [1.29, 1.82) is 5.26 Å². The highest BCUT2D eigenvalue weighted by molar-refractivity contribution is 5.89. The van der Waals surface area contributed by atoms with E-state index in [9.17, 15) is 13.6 Å². The van der Waals surface area contributed by atoms with Gasteiger partial charge in [-0.3, -0.25) is 4.79 Å². The van der Waals surface area contributed by atoms with E-state index in [1.807, 2.05) is 13.8 Å². The van der Waals surface area contributed by atoms with Gasteiger partial charge in [0.2, 0.25) is 0 Å². The van der Waals surface area contributed by atoms with Crippen LogP contribution in [0.15, 0.2) is 0 Å². The molecule has 3 saturated carbocycles. The second-order valence-electron chi connectivity index (χ2n) is 7.76. The van der Waals surface area contributed by atoms with Crippen LogP contribution in [0.3, 0.4) is 0 Å². The second kappa shape index (κ2) is 4.51. The molecular weight excluding hydrogens is 260 g/mol. The van der Waals surface area contributed by atoms with Crippen LogP contribution < -0.4 is 0 Å². The summed E-state index contributed by atoms with van der Waals surface area (Å²) in [6, 6.07) is 2.11. The average Bonchev–Trinajstić information content (AvgIpc) is 2.09. The van der Waals surface area contributed by atoms with Gasteiger partial charge in [-0.15, -0.1) is 0 Å². The zero-order valence-corrected chi connectivity index (χ0v) is 12.6. The molecule has 0 N–H and O–H groups in total. The first kappa shape index (κ1) is 15.4. The van der Waals surface area contributed by atoms with Crippen molar-refractivity contribution in [3.8, 4) is 6.07 Å². The molecule has 0 aliphatic heterocycles. The van der Waals surface area contributed by atoms with Gasteiger partial charge in [0, 0.05) is 23.7 Å². The summed E-state index contributed by atoms with van der Waals surface area (Å²) in [5.74, 6) is -2.50. The van der Waals surface area contributed by atoms with E-state index in [1.54, 1.807) is 0 Å². The maximum Gasteiger partial charge on any atom is 0.251 e. The Labute approximate surface area is 119 Å². The molecule has 0 amide bonds. The van der Waals surface area contributed by atoms with Gasteiger partial charge in [0.25, 0.3) is 5.92 Å². The number of hydrogen-bond acceptors (Lipinski definition) is 2. The Balaban J connectivity index is 1.85. The molecule has 0 aromatic heterocycles. The minimum Gasteiger partial charge on any atom is -0.299 e. The molecule has 0 atom stereocenters. The molecule has 0 aromatic carbocycles. The van der Waals surface area contributed by atoms with E-state index in [-0.39, 0.29) is 11.2 Å². The average molecular weight is 283 g/mol. The van der Waals surface area contributed by atoms with E-state index >= 15 is 0 Å². The quantitative estimate of drug-likeness (QED) is 0.646. The third-order valence-corrected chi connectivity index (χ3v) is 5.33. The first-order valence-electron chi connectivity index (χ1n) is 7.34. The summed E-state index contributed by atoms with van der Waals surface area (Å²) in [5.41, 5.74) is -1.45. The summed E-state index contributed by atoms with van der Waals surface area (Å²) in [5, 5.41) is 8.54. The molecule has 0 aromatic rings. The number of carbonyl (C=O) groups is 1. The van der Waals surface area contributed by atoms with E-state index in [0.717, 1.165) is 19.8 Å². The van der Waals surface area contributed by atoms with Crippen molar-refractivity contribution in [2.75, 3.05) is 0 Å². The van der Waals surface area contributed by atoms with Crippen molar-refractivity contribution in [2.45, 2.75) is 71.6 Å². The van der Waals surface area contributed by atoms with Gasteiger partial charge >= 0.3 is 0 Å². The van der Waals surface area contributed by atoms with E-state index in [1.165, 1.54) is 0 Å². The maximum absolute atomic E-state index is 13.4. The lowest BCUT2D eigenvalue weighted by Crippen LogP contribution is -2.71. The summed E-state index contributed by atoms with van der Waals surface area (Å²) < 4.78 is 26.8. The Bertz CT molecular complexity index is 436. The van der Waals surface area contributed by atoms with E-state index in [2.05, 4.69) is 6.07 Å². The lowest BCUT2D eigenvalue weighted by Gasteiger charge is -2.71. The molecule has 3 aliphatic carbocycles. The van der Waals surface area contributed by atoms with Crippen LogP contribution in [0.2, 0.25) is 0 Å². The molecular formula is C16H23F2NO. The van der Waals surface area contributed by atoms with E-state index in [4.69, 9.17) is 5.26 Å². The second-order valence-corrected chi connectivity index (χ2v) is 7.76. The number of rotatable bonds is 7. The van der Waals surface area contributed by atoms with Crippen molar-refractivity contribution in [3.05, 3.63) is 0 Å². The fourth-order valence-electron chi connectivity index (χ4n) is 3.91.